The summed E-state index contributed by atoms with van der Waals surface area (Å²) < 4.78 is 5.65. The van der Waals surface area contributed by atoms with Gasteiger partial charge in [-0.25, -0.2) is 4.79 Å². The highest BCUT2D eigenvalue weighted by Crippen LogP contribution is 2.22. The van der Waals surface area contributed by atoms with Crippen molar-refractivity contribution in [3.63, 3.8) is 0 Å². The number of aliphatic hydroxyl groups excluding tert-OH is 1. The minimum absolute atomic E-state index is 0.0943. The minimum atomic E-state index is -1.65. The van der Waals surface area contributed by atoms with Crippen LogP contribution in [0.15, 0.2) is 48.6 Å². The molecule has 2 unspecified atom stereocenters. The molecule has 4 heteroatoms. The van der Waals surface area contributed by atoms with Crippen LogP contribution >= 0.6 is 0 Å². The van der Waals surface area contributed by atoms with E-state index in [0.29, 0.717) is 5.22 Å². The first kappa shape index (κ1) is 11.7. The molecular formula is C15H12O4. The predicted octanol–water partition coefficient (Wildman–Crippen LogP) is -0.0842. The van der Waals surface area contributed by atoms with E-state index in [2.05, 4.69) is 0 Å². The highest BCUT2D eigenvalue weighted by atomic mass is 16.5. The van der Waals surface area contributed by atoms with Gasteiger partial charge in [-0.3, -0.25) is 0 Å². The molecule has 0 amide bonds. The number of carboxylic acid groups (broad SMARTS) is 1. The quantitative estimate of drug-likeness (QED) is 0.776. The Balaban J connectivity index is 2.34. The fraction of sp³-hybridized carbons (Fsp3) is 0.133. The molecule has 1 aromatic carbocycles. The van der Waals surface area contributed by atoms with E-state index in [0.717, 1.165) is 10.8 Å². The molecule has 2 aliphatic rings. The van der Waals surface area contributed by atoms with Crippen LogP contribution in [0.1, 0.15) is 0 Å². The van der Waals surface area contributed by atoms with E-state index >= 15 is 0 Å². The van der Waals surface area contributed by atoms with Gasteiger partial charge in [0.15, 0.2) is 0 Å². The van der Waals surface area contributed by atoms with Crippen LogP contribution < -0.4 is 10.4 Å². The lowest BCUT2D eigenvalue weighted by Gasteiger charge is -2.26. The van der Waals surface area contributed by atoms with Gasteiger partial charge in [0, 0.05) is 10.8 Å². The lowest BCUT2D eigenvalue weighted by Crippen LogP contribution is -2.42. The summed E-state index contributed by atoms with van der Waals surface area (Å²) in [6.07, 6.45) is 5.52. The predicted molar refractivity (Wildman–Crippen MR) is 69.3 cm³/mol. The smallest absolute Gasteiger partial charge is 0.340 e. The molecule has 96 valence electrons. The summed E-state index contributed by atoms with van der Waals surface area (Å²) >= 11 is 0. The van der Waals surface area contributed by atoms with E-state index in [1.165, 1.54) is 0 Å². The molecule has 2 atom stereocenters. The number of aliphatic hydroxyl groups is 1. The van der Waals surface area contributed by atoms with Crippen molar-refractivity contribution < 1.29 is 19.7 Å². The van der Waals surface area contributed by atoms with Crippen LogP contribution in [0.4, 0.5) is 0 Å². The van der Waals surface area contributed by atoms with E-state index < -0.39 is 12.1 Å². The summed E-state index contributed by atoms with van der Waals surface area (Å²) in [5, 5.41) is 20.3. The van der Waals surface area contributed by atoms with Gasteiger partial charge < -0.3 is 14.9 Å². The van der Waals surface area contributed by atoms with Crippen molar-refractivity contribution in [3.8, 4) is 0 Å². The largest absolute Gasteiger partial charge is 0.482 e. The molecule has 1 aliphatic heterocycles. The van der Waals surface area contributed by atoms with Gasteiger partial charge in [-0.15, -0.1) is 0 Å². The Kier molecular flexibility index (Phi) is 2.72. The van der Waals surface area contributed by atoms with Crippen LogP contribution in [0.5, 0.6) is 0 Å². The maximum atomic E-state index is 11.0. The van der Waals surface area contributed by atoms with Gasteiger partial charge in [0.2, 0.25) is 6.10 Å². The molecule has 19 heavy (non-hydrogen) atoms. The number of hydrogen-bond donors (Lipinski definition) is 2. The first-order valence-electron chi connectivity index (χ1n) is 5.94. The van der Waals surface area contributed by atoms with Crippen molar-refractivity contribution in [2.45, 2.75) is 12.2 Å². The van der Waals surface area contributed by atoms with Crippen LogP contribution in [-0.4, -0.2) is 28.4 Å². The number of hydrogen-bond acceptors (Lipinski definition) is 3. The van der Waals surface area contributed by atoms with Crippen molar-refractivity contribution in [1.29, 1.82) is 0 Å². The first-order chi connectivity index (χ1) is 9.18. The molecule has 3 rings (SSSR count). The van der Waals surface area contributed by atoms with Crippen molar-refractivity contribution >= 4 is 17.3 Å². The zero-order valence-electron chi connectivity index (χ0n) is 9.98. The highest BCUT2D eigenvalue weighted by molar-refractivity contribution is 5.83. The van der Waals surface area contributed by atoms with Gasteiger partial charge in [0.25, 0.3) is 0 Å². The number of rotatable bonds is 2. The van der Waals surface area contributed by atoms with Crippen LogP contribution in [-0.2, 0) is 9.53 Å². The van der Waals surface area contributed by atoms with Gasteiger partial charge >= 0.3 is 5.97 Å². The Morgan fingerprint density at radius 2 is 1.95 bits per heavy atom. The average molecular weight is 256 g/mol. The van der Waals surface area contributed by atoms with Crippen LogP contribution in [0.25, 0.3) is 11.3 Å². The number of allylic oxidation sites excluding steroid dienone is 2. The summed E-state index contributed by atoms with van der Waals surface area (Å²) in [5.41, 5.74) is 0.972. The van der Waals surface area contributed by atoms with E-state index in [1.54, 1.807) is 12.1 Å². The average Bonchev–Trinajstić information content (AvgIpc) is 2.45. The van der Waals surface area contributed by atoms with Crippen LogP contribution in [0, 0.1) is 0 Å². The van der Waals surface area contributed by atoms with Gasteiger partial charge in [-0.1, -0.05) is 42.5 Å². The third kappa shape index (κ3) is 1.86. The molecule has 1 aromatic rings. The minimum Gasteiger partial charge on any atom is -0.482 e. The van der Waals surface area contributed by atoms with E-state index in [-0.39, 0.29) is 11.9 Å². The number of ether oxygens (including phenoxy) is 1. The third-order valence-corrected chi connectivity index (χ3v) is 3.22. The molecule has 0 aromatic heterocycles. The number of carboxylic acids is 1. The van der Waals surface area contributed by atoms with Crippen molar-refractivity contribution in [2.24, 2.45) is 0 Å². The first-order valence-corrected chi connectivity index (χ1v) is 5.94. The lowest BCUT2D eigenvalue weighted by atomic mass is 9.97. The van der Waals surface area contributed by atoms with Gasteiger partial charge in [-0.2, -0.15) is 0 Å². The van der Waals surface area contributed by atoms with E-state index in [1.807, 2.05) is 36.4 Å². The van der Waals surface area contributed by atoms with Gasteiger partial charge in [0.05, 0.1) is 0 Å². The SMILES string of the molecule is O=C(O)C(O)C1=c2ccccc2=C2C=CC=CC2O1. The molecule has 0 radical (unpaired) electrons. The zero-order chi connectivity index (χ0) is 13.4. The second-order valence-corrected chi connectivity index (χ2v) is 4.39. The fourth-order valence-corrected chi connectivity index (χ4v) is 2.34. The Hall–Kier alpha value is -2.33. The molecule has 0 saturated carbocycles. The van der Waals surface area contributed by atoms with Crippen molar-refractivity contribution in [2.75, 3.05) is 0 Å². The molecule has 0 spiro atoms. The molecule has 0 saturated heterocycles. The fourth-order valence-electron chi connectivity index (χ4n) is 2.34. The second-order valence-electron chi connectivity index (χ2n) is 4.39. The van der Waals surface area contributed by atoms with Crippen LogP contribution in [0.2, 0.25) is 0 Å². The number of benzene rings is 1. The van der Waals surface area contributed by atoms with E-state index in [4.69, 9.17) is 9.84 Å². The van der Waals surface area contributed by atoms with Crippen LogP contribution in [0.3, 0.4) is 0 Å². The summed E-state index contributed by atoms with van der Waals surface area (Å²) in [5.74, 6) is -1.22. The number of fused-ring (bicyclic) bond motifs is 2. The molecule has 0 bridgehead atoms. The number of carbonyl (C=O) groups is 1. The monoisotopic (exact) mass is 256 g/mol. The summed E-state index contributed by atoms with van der Waals surface area (Å²) in [6.45, 7) is 0. The van der Waals surface area contributed by atoms with Gasteiger partial charge in [0.1, 0.15) is 11.9 Å². The summed E-state index contributed by atoms with van der Waals surface area (Å²) in [7, 11) is 0. The third-order valence-electron chi connectivity index (χ3n) is 3.22. The highest BCUT2D eigenvalue weighted by Gasteiger charge is 2.28. The summed E-state index contributed by atoms with van der Waals surface area (Å²) in [6, 6.07) is 7.33. The summed E-state index contributed by atoms with van der Waals surface area (Å²) in [4.78, 5) is 11.0. The lowest BCUT2D eigenvalue weighted by molar-refractivity contribution is -0.144. The number of aliphatic carboxylic acids is 1. The Morgan fingerprint density at radius 3 is 2.68 bits per heavy atom. The molecule has 4 nitrogen and oxygen atoms in total. The van der Waals surface area contributed by atoms with Gasteiger partial charge in [-0.05, 0) is 11.3 Å². The maximum Gasteiger partial charge on any atom is 0.340 e. The Morgan fingerprint density at radius 1 is 1.21 bits per heavy atom. The topological polar surface area (TPSA) is 66.8 Å². The molecule has 1 aliphatic carbocycles. The zero-order valence-corrected chi connectivity index (χ0v) is 9.98. The molecule has 2 N–H and O–H groups in total. The molecular weight excluding hydrogens is 244 g/mol. The normalized spacial score (nSPS) is 21.4. The Labute approximate surface area is 109 Å². The molecule has 1 heterocycles. The Bertz CT molecular complexity index is 712. The maximum absolute atomic E-state index is 11.0. The van der Waals surface area contributed by atoms with Crippen molar-refractivity contribution in [1.82, 2.24) is 0 Å². The van der Waals surface area contributed by atoms with E-state index in [9.17, 15) is 9.90 Å². The van der Waals surface area contributed by atoms with Crippen molar-refractivity contribution in [3.05, 3.63) is 59.0 Å². The standard InChI is InChI=1S/C15H12O4/c16-13(15(17)18)14-11-7-2-1-5-9(11)10-6-3-4-8-12(10)19-14/h1-8,12-13,16H,(H,17,18). The second kappa shape index (κ2) is 4.40. The molecule has 0 fully saturated rings.